The number of aromatic nitrogens is 2. The van der Waals surface area contributed by atoms with Crippen LogP contribution in [0.4, 0.5) is 0 Å². The van der Waals surface area contributed by atoms with Gasteiger partial charge in [-0.05, 0) is 18.2 Å². The summed E-state index contributed by atoms with van der Waals surface area (Å²) in [4.78, 5) is 0. The minimum atomic E-state index is 0.0158. The Morgan fingerprint density at radius 1 is 1.45 bits per heavy atom. The molecule has 0 amide bonds. The third-order valence-corrected chi connectivity index (χ3v) is 2.72. The molecule has 106 valence electrons. The molecule has 0 bridgehead atoms. The Balaban J connectivity index is 2.15. The van der Waals surface area contributed by atoms with E-state index in [1.165, 1.54) is 7.11 Å². The normalized spacial score (nSPS) is 11.4. The molecule has 20 heavy (non-hydrogen) atoms. The summed E-state index contributed by atoms with van der Waals surface area (Å²) in [5, 5.41) is 15.7. The van der Waals surface area contributed by atoms with Gasteiger partial charge in [0.05, 0.1) is 13.3 Å². The Morgan fingerprint density at radius 3 is 2.85 bits per heavy atom. The molecule has 0 spiro atoms. The molecule has 0 aliphatic heterocycles. The van der Waals surface area contributed by atoms with E-state index in [9.17, 15) is 0 Å². The van der Waals surface area contributed by atoms with E-state index in [0.717, 1.165) is 5.56 Å². The Kier molecular flexibility index (Phi) is 4.09. The maximum Gasteiger partial charge on any atom is 0.170 e. The SMILES string of the molecule is COc1cc(C(N)=NO)ccc1OCc1cnn(C)c1. The van der Waals surface area contributed by atoms with Gasteiger partial charge in [-0.1, -0.05) is 5.16 Å². The van der Waals surface area contributed by atoms with E-state index in [1.807, 2.05) is 13.2 Å². The first-order valence-electron chi connectivity index (χ1n) is 5.90. The number of oxime groups is 1. The van der Waals surface area contributed by atoms with Crippen LogP contribution in [0.25, 0.3) is 0 Å². The molecule has 0 aliphatic rings. The zero-order chi connectivity index (χ0) is 14.5. The molecule has 0 unspecified atom stereocenters. The molecule has 1 aromatic carbocycles. The molecule has 1 aromatic heterocycles. The predicted octanol–water partition coefficient (Wildman–Crippen LogP) is 1.10. The van der Waals surface area contributed by atoms with Gasteiger partial charge in [0.25, 0.3) is 0 Å². The van der Waals surface area contributed by atoms with Crippen LogP contribution in [-0.2, 0) is 13.7 Å². The van der Waals surface area contributed by atoms with Crippen molar-refractivity contribution in [2.24, 2.45) is 17.9 Å². The first-order chi connectivity index (χ1) is 9.63. The quantitative estimate of drug-likeness (QED) is 0.369. The highest BCUT2D eigenvalue weighted by atomic mass is 16.5. The highest BCUT2D eigenvalue weighted by Gasteiger charge is 2.09. The third-order valence-electron chi connectivity index (χ3n) is 2.72. The van der Waals surface area contributed by atoms with Crippen molar-refractivity contribution in [2.75, 3.05) is 7.11 Å². The van der Waals surface area contributed by atoms with Gasteiger partial charge in [0.15, 0.2) is 17.3 Å². The minimum Gasteiger partial charge on any atom is -0.493 e. The van der Waals surface area contributed by atoms with Crippen molar-refractivity contribution in [3.05, 3.63) is 41.7 Å². The molecule has 1 heterocycles. The number of nitrogens with two attached hydrogens (primary N) is 1. The van der Waals surface area contributed by atoms with Crippen molar-refractivity contribution in [2.45, 2.75) is 6.61 Å². The molecule has 0 aliphatic carbocycles. The number of amidine groups is 1. The van der Waals surface area contributed by atoms with Crippen LogP contribution in [0.5, 0.6) is 11.5 Å². The number of nitrogens with zero attached hydrogens (tertiary/aromatic N) is 3. The van der Waals surface area contributed by atoms with Gasteiger partial charge in [-0.3, -0.25) is 4.68 Å². The summed E-state index contributed by atoms with van der Waals surface area (Å²) in [5.41, 5.74) is 7.04. The Labute approximate surface area is 116 Å². The van der Waals surface area contributed by atoms with Crippen molar-refractivity contribution < 1.29 is 14.7 Å². The van der Waals surface area contributed by atoms with E-state index in [4.69, 9.17) is 20.4 Å². The molecule has 7 heteroatoms. The number of methoxy groups -OCH3 is 1. The monoisotopic (exact) mass is 276 g/mol. The van der Waals surface area contributed by atoms with Gasteiger partial charge in [-0.15, -0.1) is 0 Å². The smallest absolute Gasteiger partial charge is 0.170 e. The first kappa shape index (κ1) is 13.7. The van der Waals surface area contributed by atoms with Crippen LogP contribution >= 0.6 is 0 Å². The highest BCUT2D eigenvalue weighted by Crippen LogP contribution is 2.28. The Bertz CT molecular complexity index is 622. The molecule has 0 atom stereocenters. The van der Waals surface area contributed by atoms with Gasteiger partial charge in [-0.2, -0.15) is 5.10 Å². The van der Waals surface area contributed by atoms with Crippen LogP contribution in [0, 0.1) is 0 Å². The fourth-order valence-corrected chi connectivity index (χ4v) is 1.71. The molecule has 2 rings (SSSR count). The summed E-state index contributed by atoms with van der Waals surface area (Å²) in [6.45, 7) is 0.382. The fraction of sp³-hybridized carbons (Fsp3) is 0.231. The third kappa shape index (κ3) is 3.00. The molecule has 2 aromatic rings. The van der Waals surface area contributed by atoms with Gasteiger partial charge in [0.2, 0.25) is 0 Å². The van der Waals surface area contributed by atoms with E-state index in [2.05, 4.69) is 10.3 Å². The number of aryl methyl sites for hydroxylation is 1. The molecule has 0 saturated heterocycles. The highest BCUT2D eigenvalue weighted by molar-refractivity contribution is 5.97. The lowest BCUT2D eigenvalue weighted by Crippen LogP contribution is -2.13. The summed E-state index contributed by atoms with van der Waals surface area (Å²) in [6, 6.07) is 5.05. The molecule has 7 nitrogen and oxygen atoms in total. The zero-order valence-electron chi connectivity index (χ0n) is 11.3. The van der Waals surface area contributed by atoms with Crippen molar-refractivity contribution >= 4 is 5.84 Å². The van der Waals surface area contributed by atoms with Gasteiger partial charge >= 0.3 is 0 Å². The Morgan fingerprint density at radius 2 is 2.25 bits per heavy atom. The standard InChI is InChI=1S/C13H16N4O3/c1-17-7-9(6-15-17)8-20-11-4-3-10(13(14)16-18)5-12(11)19-2/h3-7,18H,8H2,1-2H3,(H2,14,16). The van der Waals surface area contributed by atoms with E-state index < -0.39 is 0 Å². The number of hydrogen-bond donors (Lipinski definition) is 2. The predicted molar refractivity (Wildman–Crippen MR) is 73.0 cm³/mol. The van der Waals surface area contributed by atoms with Gasteiger partial charge < -0.3 is 20.4 Å². The molecule has 3 N–H and O–H groups in total. The summed E-state index contributed by atoms with van der Waals surface area (Å²) in [7, 11) is 3.37. The van der Waals surface area contributed by atoms with Gasteiger partial charge in [-0.25, -0.2) is 0 Å². The average molecular weight is 276 g/mol. The van der Waals surface area contributed by atoms with Crippen molar-refractivity contribution in [1.82, 2.24) is 9.78 Å². The number of benzene rings is 1. The van der Waals surface area contributed by atoms with Crippen molar-refractivity contribution in [1.29, 1.82) is 0 Å². The number of hydrogen-bond acceptors (Lipinski definition) is 5. The lowest BCUT2D eigenvalue weighted by Gasteiger charge is -2.11. The molecule has 0 radical (unpaired) electrons. The largest absolute Gasteiger partial charge is 0.493 e. The van der Waals surface area contributed by atoms with Crippen LogP contribution in [0.3, 0.4) is 0 Å². The minimum absolute atomic E-state index is 0.0158. The van der Waals surface area contributed by atoms with Crippen LogP contribution in [0.2, 0.25) is 0 Å². The second-order valence-corrected chi connectivity index (χ2v) is 4.16. The van der Waals surface area contributed by atoms with Crippen LogP contribution < -0.4 is 15.2 Å². The number of rotatable bonds is 5. The maximum atomic E-state index is 8.66. The summed E-state index contributed by atoms with van der Waals surface area (Å²) < 4.78 is 12.6. The van der Waals surface area contributed by atoms with Crippen LogP contribution in [0.1, 0.15) is 11.1 Å². The lowest BCUT2D eigenvalue weighted by molar-refractivity contribution is 0.284. The van der Waals surface area contributed by atoms with E-state index in [1.54, 1.807) is 29.1 Å². The molecule has 0 saturated carbocycles. The second-order valence-electron chi connectivity index (χ2n) is 4.16. The molecular weight excluding hydrogens is 260 g/mol. The van der Waals surface area contributed by atoms with Gasteiger partial charge in [0.1, 0.15) is 6.61 Å². The lowest BCUT2D eigenvalue weighted by atomic mass is 10.2. The van der Waals surface area contributed by atoms with Crippen LogP contribution in [-0.4, -0.2) is 27.9 Å². The zero-order valence-corrected chi connectivity index (χ0v) is 11.3. The summed E-state index contributed by atoms with van der Waals surface area (Å²) >= 11 is 0. The van der Waals surface area contributed by atoms with E-state index >= 15 is 0 Å². The molecular formula is C13H16N4O3. The molecule has 0 fully saturated rings. The van der Waals surface area contributed by atoms with Crippen LogP contribution in [0.15, 0.2) is 35.7 Å². The van der Waals surface area contributed by atoms with Gasteiger partial charge in [0, 0.05) is 24.4 Å². The second kappa shape index (κ2) is 5.96. The average Bonchev–Trinajstić information content (AvgIpc) is 2.89. The first-order valence-corrected chi connectivity index (χ1v) is 5.90. The van der Waals surface area contributed by atoms with E-state index in [0.29, 0.717) is 23.7 Å². The van der Waals surface area contributed by atoms with Crippen molar-refractivity contribution in [3.63, 3.8) is 0 Å². The fourth-order valence-electron chi connectivity index (χ4n) is 1.71. The maximum absolute atomic E-state index is 8.66. The summed E-state index contributed by atoms with van der Waals surface area (Å²) in [6.07, 6.45) is 3.61. The van der Waals surface area contributed by atoms with Crippen molar-refractivity contribution in [3.8, 4) is 11.5 Å². The summed E-state index contributed by atoms with van der Waals surface area (Å²) in [5.74, 6) is 1.10. The number of ether oxygens (including phenoxy) is 2. The topological polar surface area (TPSA) is 94.9 Å². The Hall–Kier alpha value is -2.70. The van der Waals surface area contributed by atoms with E-state index in [-0.39, 0.29) is 5.84 Å².